The lowest BCUT2D eigenvalue weighted by Crippen LogP contribution is -2.46. The maximum Gasteiger partial charge on any atom is 0.338 e. The zero-order valence-corrected chi connectivity index (χ0v) is 19.0. The van der Waals surface area contributed by atoms with Crippen LogP contribution in [-0.4, -0.2) is 46.2 Å². The van der Waals surface area contributed by atoms with Crippen LogP contribution >= 0.6 is 11.8 Å². The highest BCUT2D eigenvalue weighted by Gasteiger charge is 2.34. The summed E-state index contributed by atoms with van der Waals surface area (Å²) in [5, 5.41) is 15.1. The lowest BCUT2D eigenvalue weighted by atomic mass is 9.95. The van der Waals surface area contributed by atoms with Crippen LogP contribution in [0, 0.1) is 0 Å². The summed E-state index contributed by atoms with van der Waals surface area (Å²) in [6.45, 7) is 2.89. The van der Waals surface area contributed by atoms with E-state index in [1.807, 2.05) is 12.1 Å². The van der Waals surface area contributed by atoms with Gasteiger partial charge in [-0.05, 0) is 37.5 Å². The van der Waals surface area contributed by atoms with Crippen molar-refractivity contribution in [1.82, 2.24) is 25.4 Å². The monoisotopic (exact) mass is 457 g/mol. The molecule has 10 heteroatoms. The van der Waals surface area contributed by atoms with E-state index in [9.17, 15) is 9.59 Å². The Balaban J connectivity index is 1.64. The van der Waals surface area contributed by atoms with Crippen LogP contribution in [0.4, 0.5) is 4.79 Å². The van der Waals surface area contributed by atoms with E-state index < -0.39 is 12.0 Å². The van der Waals surface area contributed by atoms with Crippen molar-refractivity contribution in [3.63, 3.8) is 0 Å². The van der Waals surface area contributed by atoms with E-state index in [1.165, 1.54) is 18.2 Å². The minimum absolute atomic E-state index is 0.240. The second-order valence-corrected chi connectivity index (χ2v) is 8.51. The summed E-state index contributed by atoms with van der Waals surface area (Å²) < 4.78 is 12.7. The average molecular weight is 458 g/mol. The molecule has 2 amide bonds. The molecule has 170 valence electrons. The molecule has 9 nitrogen and oxygen atoms in total. The first-order chi connectivity index (χ1) is 15.6. The molecule has 0 saturated carbocycles. The fourth-order valence-electron chi connectivity index (χ4n) is 3.93. The molecule has 0 fully saturated rings. The van der Waals surface area contributed by atoms with Crippen molar-refractivity contribution in [2.24, 2.45) is 0 Å². The highest BCUT2D eigenvalue weighted by atomic mass is 32.2. The topological polar surface area (TPSA) is 107 Å². The normalized spacial score (nSPS) is 18.3. The zero-order chi connectivity index (χ0) is 22.5. The number of hydrogen-bond acceptors (Lipinski definition) is 7. The van der Waals surface area contributed by atoms with E-state index in [0.717, 1.165) is 42.4 Å². The average Bonchev–Trinajstić information content (AvgIpc) is 3.03. The van der Waals surface area contributed by atoms with Gasteiger partial charge in [0.15, 0.2) is 5.16 Å². The predicted molar refractivity (Wildman–Crippen MR) is 119 cm³/mol. The third kappa shape index (κ3) is 4.74. The van der Waals surface area contributed by atoms with Crippen LogP contribution in [0.15, 0.2) is 40.7 Å². The van der Waals surface area contributed by atoms with Gasteiger partial charge >= 0.3 is 12.0 Å². The Morgan fingerprint density at radius 1 is 1.22 bits per heavy atom. The first-order valence-corrected chi connectivity index (χ1v) is 11.8. The molecule has 2 aromatic rings. The van der Waals surface area contributed by atoms with Crippen molar-refractivity contribution in [2.45, 2.75) is 50.4 Å². The molecule has 0 saturated heterocycles. The number of urea groups is 1. The Bertz CT molecular complexity index is 1020. The first-order valence-electron chi connectivity index (χ1n) is 10.8. The molecule has 1 atom stereocenters. The Morgan fingerprint density at radius 3 is 2.78 bits per heavy atom. The van der Waals surface area contributed by atoms with Gasteiger partial charge in [-0.25, -0.2) is 9.59 Å². The number of aromatic nitrogens is 3. The molecule has 2 N–H and O–H groups in total. The number of methoxy groups -OCH3 is 1. The largest absolute Gasteiger partial charge is 0.497 e. The van der Waals surface area contributed by atoms with Crippen molar-refractivity contribution in [3.8, 4) is 5.75 Å². The van der Waals surface area contributed by atoms with Crippen molar-refractivity contribution < 1.29 is 19.1 Å². The fraction of sp³-hybridized carbons (Fsp3) is 0.455. The molecule has 0 bridgehead atoms. The minimum atomic E-state index is -0.625. The van der Waals surface area contributed by atoms with Crippen LogP contribution < -0.4 is 15.4 Å². The van der Waals surface area contributed by atoms with E-state index in [-0.39, 0.29) is 12.6 Å². The van der Waals surface area contributed by atoms with Gasteiger partial charge in [-0.1, -0.05) is 30.3 Å². The second-order valence-electron chi connectivity index (χ2n) is 7.57. The first kappa shape index (κ1) is 22.2. The van der Waals surface area contributed by atoms with Gasteiger partial charge < -0.3 is 24.7 Å². The third-order valence-corrected chi connectivity index (χ3v) is 6.51. The van der Waals surface area contributed by atoms with Crippen LogP contribution in [-0.2, 0) is 22.5 Å². The number of carbonyl (C=O) groups excluding carboxylic acids is 2. The number of hydrogen-bond donors (Lipinski definition) is 2. The van der Waals surface area contributed by atoms with E-state index in [2.05, 4.69) is 25.4 Å². The molecule has 3 heterocycles. The SMILES string of the molecule is CCOC(=O)C1=C(CSc2nnc3n2CCCCC3)NC(=O)NC1c1ccc(OC)cc1. The van der Waals surface area contributed by atoms with Gasteiger partial charge in [0.25, 0.3) is 0 Å². The van der Waals surface area contributed by atoms with Gasteiger partial charge in [-0.2, -0.15) is 0 Å². The van der Waals surface area contributed by atoms with Gasteiger partial charge in [0.1, 0.15) is 11.6 Å². The van der Waals surface area contributed by atoms with Gasteiger partial charge in [0, 0.05) is 24.4 Å². The van der Waals surface area contributed by atoms with Gasteiger partial charge in [0.05, 0.1) is 25.3 Å². The summed E-state index contributed by atoms with van der Waals surface area (Å²) in [5.74, 6) is 1.59. The van der Waals surface area contributed by atoms with Gasteiger partial charge in [-0.3, -0.25) is 0 Å². The smallest absolute Gasteiger partial charge is 0.338 e. The zero-order valence-electron chi connectivity index (χ0n) is 18.2. The molecular weight excluding hydrogens is 430 g/mol. The summed E-state index contributed by atoms with van der Waals surface area (Å²) in [5.41, 5.74) is 1.67. The van der Waals surface area contributed by atoms with Crippen LogP contribution in [0.2, 0.25) is 0 Å². The van der Waals surface area contributed by atoms with Gasteiger partial charge in [0.2, 0.25) is 0 Å². The molecule has 0 radical (unpaired) electrons. The Hall–Kier alpha value is -3.01. The number of fused-ring (bicyclic) bond motifs is 1. The molecule has 1 aromatic carbocycles. The number of rotatable bonds is 7. The summed E-state index contributed by atoms with van der Waals surface area (Å²) >= 11 is 1.46. The molecule has 32 heavy (non-hydrogen) atoms. The molecule has 0 spiro atoms. The minimum Gasteiger partial charge on any atom is -0.497 e. The highest BCUT2D eigenvalue weighted by molar-refractivity contribution is 7.99. The quantitative estimate of drug-likeness (QED) is 0.486. The van der Waals surface area contributed by atoms with E-state index in [4.69, 9.17) is 9.47 Å². The number of carbonyl (C=O) groups is 2. The van der Waals surface area contributed by atoms with Crippen LogP contribution in [0.1, 0.15) is 43.6 Å². The van der Waals surface area contributed by atoms with Gasteiger partial charge in [-0.15, -0.1) is 10.2 Å². The Kier molecular flexibility index (Phi) is 6.99. The van der Waals surface area contributed by atoms with Crippen molar-refractivity contribution >= 4 is 23.8 Å². The molecule has 4 rings (SSSR count). The Morgan fingerprint density at radius 2 is 2.03 bits per heavy atom. The number of ether oxygens (including phenoxy) is 2. The number of nitrogens with zero attached hydrogens (tertiary/aromatic N) is 3. The molecule has 2 aliphatic rings. The fourth-order valence-corrected chi connectivity index (χ4v) is 4.88. The Labute approximate surface area is 190 Å². The maximum atomic E-state index is 12.9. The number of amides is 2. The lowest BCUT2D eigenvalue weighted by molar-refractivity contribution is -0.139. The molecule has 1 unspecified atom stereocenters. The summed E-state index contributed by atoms with van der Waals surface area (Å²) in [6, 6.07) is 6.27. The summed E-state index contributed by atoms with van der Waals surface area (Å²) in [7, 11) is 1.59. The van der Waals surface area contributed by atoms with E-state index >= 15 is 0 Å². The van der Waals surface area contributed by atoms with Crippen molar-refractivity contribution in [2.75, 3.05) is 19.5 Å². The number of thioether (sulfide) groups is 1. The summed E-state index contributed by atoms with van der Waals surface area (Å²) in [4.78, 5) is 25.4. The molecule has 1 aromatic heterocycles. The summed E-state index contributed by atoms with van der Waals surface area (Å²) in [6.07, 6.45) is 4.31. The van der Waals surface area contributed by atoms with E-state index in [1.54, 1.807) is 26.2 Å². The second kappa shape index (κ2) is 10.1. The number of benzene rings is 1. The van der Waals surface area contributed by atoms with Crippen molar-refractivity contribution in [1.29, 1.82) is 0 Å². The van der Waals surface area contributed by atoms with Crippen molar-refractivity contribution in [3.05, 3.63) is 46.9 Å². The maximum absolute atomic E-state index is 12.9. The van der Waals surface area contributed by atoms with Crippen LogP contribution in [0.3, 0.4) is 0 Å². The lowest BCUT2D eigenvalue weighted by Gasteiger charge is -2.29. The molecule has 0 aliphatic carbocycles. The molecular formula is C22H27N5O4S. The number of esters is 1. The predicted octanol–water partition coefficient (Wildman–Crippen LogP) is 2.98. The standard InChI is InChI=1S/C22H27N5O4S/c1-3-31-20(28)18-16(13-32-22-26-25-17-7-5-4-6-12-27(17)22)23-21(29)24-19(18)14-8-10-15(30-2)11-9-14/h8-11,19H,3-7,12-13H2,1-2H3,(H2,23,24,29). The third-order valence-electron chi connectivity index (χ3n) is 5.52. The van der Waals surface area contributed by atoms with E-state index in [0.29, 0.717) is 22.8 Å². The van der Waals surface area contributed by atoms with Crippen LogP contribution in [0.5, 0.6) is 5.75 Å². The highest BCUT2D eigenvalue weighted by Crippen LogP contribution is 2.32. The molecule has 2 aliphatic heterocycles. The number of nitrogens with one attached hydrogen (secondary N) is 2. The van der Waals surface area contributed by atoms with Crippen LogP contribution in [0.25, 0.3) is 0 Å². The number of aryl methyl sites for hydroxylation is 1.